The van der Waals surface area contributed by atoms with Crippen molar-refractivity contribution >= 4 is 0 Å². The quantitative estimate of drug-likeness (QED) is 0.486. The molecule has 1 aliphatic heterocycles. The maximum absolute atomic E-state index is 10.6. The van der Waals surface area contributed by atoms with Crippen LogP contribution >= 0.6 is 0 Å². The lowest BCUT2D eigenvalue weighted by atomic mass is 10.00. The van der Waals surface area contributed by atoms with Gasteiger partial charge in [0.25, 0.3) is 5.56 Å². The van der Waals surface area contributed by atoms with Crippen LogP contribution in [0, 0.1) is 0 Å². The Morgan fingerprint density at radius 1 is 1.40 bits per heavy atom. The second kappa shape index (κ2) is 1.98. The van der Waals surface area contributed by atoms with Gasteiger partial charge < -0.3 is 10.4 Å². The van der Waals surface area contributed by atoms with E-state index in [1.165, 1.54) is 0 Å². The van der Waals surface area contributed by atoms with Crippen LogP contribution in [0.3, 0.4) is 0 Å². The van der Waals surface area contributed by atoms with E-state index in [0.717, 1.165) is 18.8 Å². The monoisotopic (exact) mass is 139 g/mol. The minimum Gasteiger partial charge on any atom is -0.315 e. The number of hydrogen-bond donors (Lipinski definition) is 3. The topological polar surface area (TPSA) is 60.7 Å². The predicted molar refractivity (Wildman–Crippen MR) is 37.0 cm³/mol. The van der Waals surface area contributed by atoms with E-state index < -0.39 is 0 Å². The molecule has 1 fully saturated rings. The predicted octanol–water partition coefficient (Wildman–Crippen LogP) is -0.610. The first-order valence-electron chi connectivity index (χ1n) is 3.34. The normalized spacial score (nSPS) is 18.8. The summed E-state index contributed by atoms with van der Waals surface area (Å²) in [5.41, 5.74) is 0.977. The van der Waals surface area contributed by atoms with Crippen LogP contribution in [0.1, 0.15) is 11.6 Å². The number of nitrogens with one attached hydrogen (secondary N) is 3. The molecule has 1 aromatic heterocycles. The molecule has 0 bridgehead atoms. The zero-order valence-electron chi connectivity index (χ0n) is 5.48. The summed E-state index contributed by atoms with van der Waals surface area (Å²) in [6.45, 7) is 1.96. The first-order chi connectivity index (χ1) is 4.86. The van der Waals surface area contributed by atoms with Crippen molar-refractivity contribution in [2.75, 3.05) is 13.1 Å². The van der Waals surface area contributed by atoms with Gasteiger partial charge in [0.15, 0.2) is 0 Å². The van der Waals surface area contributed by atoms with Crippen LogP contribution in [0.15, 0.2) is 10.9 Å². The Hall–Kier alpha value is -1.03. The summed E-state index contributed by atoms with van der Waals surface area (Å²) in [7, 11) is 0. The maximum Gasteiger partial charge on any atom is 0.264 e. The van der Waals surface area contributed by atoms with Crippen LogP contribution < -0.4 is 10.9 Å². The minimum absolute atomic E-state index is 0.0399. The highest BCUT2D eigenvalue weighted by Gasteiger charge is 2.19. The molecule has 4 heteroatoms. The largest absolute Gasteiger partial charge is 0.315 e. The van der Waals surface area contributed by atoms with Crippen LogP contribution in [0.25, 0.3) is 0 Å². The molecule has 2 rings (SSSR count). The molecule has 3 N–H and O–H groups in total. The second-order valence-electron chi connectivity index (χ2n) is 2.57. The maximum atomic E-state index is 10.6. The molecule has 1 saturated heterocycles. The first kappa shape index (κ1) is 5.73. The average molecular weight is 139 g/mol. The lowest BCUT2D eigenvalue weighted by Crippen LogP contribution is -2.40. The standard InChI is InChI=1S/C6H9N3O/c10-6-1-5(8-9-6)4-2-7-3-4/h1,4,7H,2-3H2,(H2,8,9,10). The van der Waals surface area contributed by atoms with Crippen LogP contribution in [-0.2, 0) is 0 Å². The summed E-state index contributed by atoms with van der Waals surface area (Å²) >= 11 is 0. The van der Waals surface area contributed by atoms with Crippen LogP contribution in [0.4, 0.5) is 0 Å². The Morgan fingerprint density at radius 3 is 2.60 bits per heavy atom. The SMILES string of the molecule is O=c1cc(C2CNC2)[nH][nH]1. The lowest BCUT2D eigenvalue weighted by molar-refractivity contribution is 0.439. The third kappa shape index (κ3) is 0.769. The number of hydrogen-bond acceptors (Lipinski definition) is 2. The third-order valence-corrected chi connectivity index (χ3v) is 1.84. The fourth-order valence-corrected chi connectivity index (χ4v) is 1.08. The minimum atomic E-state index is -0.0399. The van der Waals surface area contributed by atoms with Crippen molar-refractivity contribution in [1.82, 2.24) is 15.5 Å². The van der Waals surface area contributed by atoms with E-state index in [1.807, 2.05) is 0 Å². The van der Waals surface area contributed by atoms with Gasteiger partial charge in [-0.1, -0.05) is 0 Å². The van der Waals surface area contributed by atoms with E-state index in [0.29, 0.717) is 5.92 Å². The van der Waals surface area contributed by atoms with Crippen LogP contribution in [-0.4, -0.2) is 23.3 Å². The van der Waals surface area contributed by atoms with Crippen molar-refractivity contribution < 1.29 is 0 Å². The van der Waals surface area contributed by atoms with Crippen molar-refractivity contribution in [1.29, 1.82) is 0 Å². The molecule has 0 aromatic carbocycles. The summed E-state index contributed by atoms with van der Waals surface area (Å²) in [6, 6.07) is 1.62. The van der Waals surface area contributed by atoms with Crippen molar-refractivity contribution in [2.45, 2.75) is 5.92 Å². The summed E-state index contributed by atoms with van der Waals surface area (Å²) < 4.78 is 0. The Balaban J connectivity index is 2.25. The summed E-state index contributed by atoms with van der Waals surface area (Å²) in [5, 5.41) is 8.47. The molecule has 4 nitrogen and oxygen atoms in total. The van der Waals surface area contributed by atoms with Gasteiger partial charge >= 0.3 is 0 Å². The zero-order chi connectivity index (χ0) is 6.97. The summed E-state index contributed by atoms with van der Waals surface area (Å²) in [6.07, 6.45) is 0. The molecule has 0 radical (unpaired) electrons. The molecular formula is C6H9N3O. The Labute approximate surface area is 57.6 Å². The number of aromatic amines is 2. The van der Waals surface area contributed by atoms with Crippen molar-refractivity contribution in [3.05, 3.63) is 22.1 Å². The number of aromatic nitrogens is 2. The van der Waals surface area contributed by atoms with E-state index in [9.17, 15) is 4.79 Å². The van der Waals surface area contributed by atoms with Gasteiger partial charge in [0.05, 0.1) is 0 Å². The molecule has 0 amide bonds. The number of rotatable bonds is 1. The van der Waals surface area contributed by atoms with Gasteiger partial charge in [-0.3, -0.25) is 9.89 Å². The van der Waals surface area contributed by atoms with Gasteiger partial charge in [-0.2, -0.15) is 0 Å². The molecular weight excluding hydrogens is 130 g/mol. The molecule has 1 aliphatic rings. The molecule has 0 saturated carbocycles. The Bertz CT molecular complexity index is 271. The number of H-pyrrole nitrogens is 2. The van der Waals surface area contributed by atoms with Gasteiger partial charge in [-0.15, -0.1) is 0 Å². The Morgan fingerprint density at radius 2 is 2.20 bits per heavy atom. The van der Waals surface area contributed by atoms with Crippen molar-refractivity contribution in [3.8, 4) is 0 Å². The van der Waals surface area contributed by atoms with Crippen molar-refractivity contribution in [3.63, 3.8) is 0 Å². The van der Waals surface area contributed by atoms with Gasteiger partial charge in [0.1, 0.15) is 0 Å². The van der Waals surface area contributed by atoms with E-state index >= 15 is 0 Å². The molecule has 0 spiro atoms. The van der Waals surface area contributed by atoms with Crippen LogP contribution in [0.5, 0.6) is 0 Å². The molecule has 0 unspecified atom stereocenters. The highest BCUT2D eigenvalue weighted by atomic mass is 16.1. The van der Waals surface area contributed by atoms with Crippen LogP contribution in [0.2, 0.25) is 0 Å². The summed E-state index contributed by atoms with van der Waals surface area (Å²) in [5.74, 6) is 0.513. The first-order valence-corrected chi connectivity index (χ1v) is 3.34. The third-order valence-electron chi connectivity index (χ3n) is 1.84. The zero-order valence-corrected chi connectivity index (χ0v) is 5.48. The fourth-order valence-electron chi connectivity index (χ4n) is 1.08. The van der Waals surface area contributed by atoms with E-state index in [-0.39, 0.29) is 5.56 Å². The summed E-state index contributed by atoms with van der Waals surface area (Å²) in [4.78, 5) is 10.6. The fraction of sp³-hybridized carbons (Fsp3) is 0.500. The highest BCUT2D eigenvalue weighted by molar-refractivity contribution is 5.10. The van der Waals surface area contributed by atoms with Gasteiger partial charge in [0, 0.05) is 30.8 Å². The molecule has 10 heavy (non-hydrogen) atoms. The molecule has 2 heterocycles. The smallest absolute Gasteiger partial charge is 0.264 e. The second-order valence-corrected chi connectivity index (χ2v) is 2.57. The lowest BCUT2D eigenvalue weighted by Gasteiger charge is -2.25. The molecule has 54 valence electrons. The van der Waals surface area contributed by atoms with Gasteiger partial charge in [-0.05, 0) is 0 Å². The van der Waals surface area contributed by atoms with Gasteiger partial charge in [0.2, 0.25) is 0 Å². The van der Waals surface area contributed by atoms with Crippen molar-refractivity contribution in [2.24, 2.45) is 0 Å². The molecule has 0 aliphatic carbocycles. The van der Waals surface area contributed by atoms with E-state index in [1.54, 1.807) is 6.07 Å². The molecule has 1 aromatic rings. The van der Waals surface area contributed by atoms with E-state index in [2.05, 4.69) is 15.5 Å². The Kier molecular flexibility index (Phi) is 1.14. The highest BCUT2D eigenvalue weighted by Crippen LogP contribution is 2.14. The van der Waals surface area contributed by atoms with Gasteiger partial charge in [-0.25, -0.2) is 0 Å². The van der Waals surface area contributed by atoms with E-state index in [4.69, 9.17) is 0 Å². The average Bonchev–Trinajstić information content (AvgIpc) is 2.10. The molecule has 0 atom stereocenters.